The molecule has 0 bridgehead atoms. The zero-order valence-corrected chi connectivity index (χ0v) is 13.7. The maximum atomic E-state index is 14.1. The lowest BCUT2D eigenvalue weighted by Gasteiger charge is -2.06. The largest absolute Gasteiger partial charge is 0.421 e. The van der Waals surface area contributed by atoms with E-state index in [9.17, 15) is 22.4 Å². The van der Waals surface area contributed by atoms with E-state index >= 15 is 0 Å². The van der Waals surface area contributed by atoms with Gasteiger partial charge in [-0.2, -0.15) is 9.65 Å². The second-order valence-electron chi connectivity index (χ2n) is 5.34. The van der Waals surface area contributed by atoms with Gasteiger partial charge in [-0.15, -0.1) is 0 Å². The molecule has 0 aromatic heterocycles. The van der Waals surface area contributed by atoms with Crippen LogP contribution in [0.5, 0.6) is 5.75 Å². The highest BCUT2D eigenvalue weighted by molar-refractivity contribution is 5.94. The first-order chi connectivity index (χ1) is 12.4. The van der Waals surface area contributed by atoms with Gasteiger partial charge in [0.15, 0.2) is 5.83 Å². The van der Waals surface area contributed by atoms with E-state index in [0.29, 0.717) is 12.1 Å². The van der Waals surface area contributed by atoms with Crippen molar-refractivity contribution in [1.29, 1.82) is 5.26 Å². The Hall–Kier alpha value is -3.14. The van der Waals surface area contributed by atoms with Crippen LogP contribution in [0, 0.1) is 23.0 Å². The summed E-state index contributed by atoms with van der Waals surface area (Å²) in [5, 5.41) is 8.56. The SMILES string of the molecule is CCCc1ccc(C(F)=C(F)C(=O)Oc2cc(F)c(C#N)c(F)c2)cc1. The Morgan fingerprint density at radius 2 is 1.69 bits per heavy atom. The minimum atomic E-state index is -1.83. The van der Waals surface area contributed by atoms with Gasteiger partial charge in [0, 0.05) is 17.7 Å². The lowest BCUT2D eigenvalue weighted by Crippen LogP contribution is -2.10. The number of ether oxygens (including phenoxy) is 1. The fraction of sp³-hybridized carbons (Fsp3) is 0.158. The van der Waals surface area contributed by atoms with Crippen LogP contribution in [0.4, 0.5) is 17.6 Å². The minimum Gasteiger partial charge on any atom is -0.421 e. The number of rotatable bonds is 5. The highest BCUT2D eigenvalue weighted by Crippen LogP contribution is 2.25. The van der Waals surface area contributed by atoms with Gasteiger partial charge in [-0.1, -0.05) is 37.6 Å². The summed E-state index contributed by atoms with van der Waals surface area (Å²) in [7, 11) is 0. The van der Waals surface area contributed by atoms with Crippen LogP contribution in [0.2, 0.25) is 0 Å². The highest BCUT2D eigenvalue weighted by Gasteiger charge is 2.21. The Morgan fingerprint density at radius 3 is 2.19 bits per heavy atom. The van der Waals surface area contributed by atoms with Crippen LogP contribution in [0.1, 0.15) is 30.0 Å². The third-order valence-corrected chi connectivity index (χ3v) is 3.46. The van der Waals surface area contributed by atoms with E-state index in [1.807, 2.05) is 6.92 Å². The van der Waals surface area contributed by atoms with Crippen molar-refractivity contribution in [2.75, 3.05) is 0 Å². The first kappa shape index (κ1) is 19.2. The summed E-state index contributed by atoms with van der Waals surface area (Å²) < 4.78 is 59.4. The molecular formula is C19H13F4NO2. The predicted molar refractivity (Wildman–Crippen MR) is 86.3 cm³/mol. The molecule has 3 nitrogen and oxygen atoms in total. The topological polar surface area (TPSA) is 50.1 Å². The lowest BCUT2D eigenvalue weighted by atomic mass is 10.1. The normalized spacial score (nSPS) is 11.5. The molecule has 134 valence electrons. The second kappa shape index (κ2) is 8.30. The molecule has 0 amide bonds. The molecule has 2 aromatic carbocycles. The Balaban J connectivity index is 2.23. The van der Waals surface area contributed by atoms with Crippen molar-refractivity contribution < 1.29 is 27.1 Å². The van der Waals surface area contributed by atoms with E-state index in [0.717, 1.165) is 18.4 Å². The van der Waals surface area contributed by atoms with Crippen LogP contribution in [0.25, 0.3) is 5.83 Å². The summed E-state index contributed by atoms with van der Waals surface area (Å²) in [5.74, 6) is -8.29. The first-order valence-corrected chi connectivity index (χ1v) is 7.63. The third-order valence-electron chi connectivity index (χ3n) is 3.46. The fourth-order valence-corrected chi connectivity index (χ4v) is 2.19. The Morgan fingerprint density at radius 1 is 1.12 bits per heavy atom. The molecule has 2 rings (SSSR count). The number of halogens is 4. The summed E-state index contributed by atoms with van der Waals surface area (Å²) in [6, 6.07) is 8.18. The number of hydrogen-bond donors (Lipinski definition) is 0. The Bertz CT molecular complexity index is 876. The van der Waals surface area contributed by atoms with Crippen molar-refractivity contribution in [1.82, 2.24) is 0 Å². The van der Waals surface area contributed by atoms with Crippen LogP contribution in [-0.4, -0.2) is 5.97 Å². The standard InChI is InChI=1S/C19H13F4NO2/c1-2-3-11-4-6-12(7-5-11)17(22)18(23)19(25)26-13-8-15(20)14(10-24)16(21)9-13/h4-9H,2-3H2,1H3. The first-order valence-electron chi connectivity index (χ1n) is 7.63. The number of carbonyl (C=O) groups is 1. The van der Waals surface area contributed by atoms with Crippen molar-refractivity contribution in [2.24, 2.45) is 0 Å². The van der Waals surface area contributed by atoms with Gasteiger partial charge in [-0.25, -0.2) is 18.0 Å². The quantitative estimate of drug-likeness (QED) is 0.325. The minimum absolute atomic E-state index is 0.170. The summed E-state index contributed by atoms with van der Waals surface area (Å²) in [4.78, 5) is 11.7. The molecule has 0 heterocycles. The van der Waals surface area contributed by atoms with Gasteiger partial charge in [-0.3, -0.25) is 0 Å². The molecule has 0 unspecified atom stereocenters. The smallest absolute Gasteiger partial charge is 0.375 e. The molecule has 0 radical (unpaired) electrons. The zero-order valence-electron chi connectivity index (χ0n) is 13.7. The Kier molecular flexibility index (Phi) is 6.12. The van der Waals surface area contributed by atoms with E-state index in [1.165, 1.54) is 18.2 Å². The average Bonchev–Trinajstić information content (AvgIpc) is 2.61. The van der Waals surface area contributed by atoms with Gasteiger partial charge >= 0.3 is 5.97 Å². The molecule has 2 aromatic rings. The molecule has 0 fully saturated rings. The van der Waals surface area contributed by atoms with Crippen LogP contribution in [0.3, 0.4) is 0 Å². The average molecular weight is 363 g/mol. The van der Waals surface area contributed by atoms with Crippen LogP contribution < -0.4 is 4.74 Å². The van der Waals surface area contributed by atoms with Gasteiger partial charge < -0.3 is 4.74 Å². The van der Waals surface area contributed by atoms with E-state index in [1.54, 1.807) is 12.1 Å². The molecule has 26 heavy (non-hydrogen) atoms. The van der Waals surface area contributed by atoms with E-state index in [2.05, 4.69) is 4.74 Å². The van der Waals surface area contributed by atoms with E-state index in [-0.39, 0.29) is 5.56 Å². The fourth-order valence-electron chi connectivity index (χ4n) is 2.19. The summed E-state index contributed by atoms with van der Waals surface area (Å²) in [6.45, 7) is 1.97. The summed E-state index contributed by atoms with van der Waals surface area (Å²) in [5.41, 5.74) is -0.119. The molecule has 0 saturated heterocycles. The van der Waals surface area contributed by atoms with Crippen molar-refractivity contribution in [3.8, 4) is 11.8 Å². The Labute approximate surface area is 147 Å². The molecule has 0 aliphatic heterocycles. The van der Waals surface area contributed by atoms with Gasteiger partial charge in [0.1, 0.15) is 29.0 Å². The van der Waals surface area contributed by atoms with Crippen LogP contribution >= 0.6 is 0 Å². The maximum absolute atomic E-state index is 14.1. The molecule has 7 heteroatoms. The molecule has 0 atom stereocenters. The van der Waals surface area contributed by atoms with Gasteiger partial charge in [0.05, 0.1) is 0 Å². The molecule has 0 aliphatic rings. The van der Waals surface area contributed by atoms with E-state index in [4.69, 9.17) is 5.26 Å². The highest BCUT2D eigenvalue weighted by atomic mass is 19.2. The van der Waals surface area contributed by atoms with Crippen molar-refractivity contribution in [3.05, 3.63) is 70.5 Å². The zero-order chi connectivity index (χ0) is 19.3. The van der Waals surface area contributed by atoms with E-state index < -0.39 is 40.6 Å². The molecule has 0 aliphatic carbocycles. The lowest BCUT2D eigenvalue weighted by molar-refractivity contribution is -0.131. The van der Waals surface area contributed by atoms with Crippen LogP contribution in [0.15, 0.2) is 42.2 Å². The maximum Gasteiger partial charge on any atom is 0.375 e. The number of hydrogen-bond acceptors (Lipinski definition) is 3. The van der Waals surface area contributed by atoms with Crippen LogP contribution in [-0.2, 0) is 11.2 Å². The number of esters is 1. The van der Waals surface area contributed by atoms with Crippen molar-refractivity contribution in [2.45, 2.75) is 19.8 Å². The van der Waals surface area contributed by atoms with Gasteiger partial charge in [-0.05, 0) is 12.0 Å². The molecular weight excluding hydrogens is 350 g/mol. The second-order valence-corrected chi connectivity index (χ2v) is 5.34. The number of nitriles is 1. The van der Waals surface area contributed by atoms with Gasteiger partial charge in [0.2, 0.25) is 5.83 Å². The number of carbonyl (C=O) groups excluding carboxylic acids is 1. The van der Waals surface area contributed by atoms with Crippen molar-refractivity contribution >= 4 is 11.8 Å². The molecule has 0 spiro atoms. The summed E-state index contributed by atoms with van der Waals surface area (Å²) >= 11 is 0. The summed E-state index contributed by atoms with van der Waals surface area (Å²) in [6.07, 6.45) is 1.65. The number of aryl methyl sites for hydroxylation is 1. The number of nitrogens with zero attached hydrogens (tertiary/aromatic N) is 1. The number of benzene rings is 2. The van der Waals surface area contributed by atoms with Crippen molar-refractivity contribution in [3.63, 3.8) is 0 Å². The third kappa shape index (κ3) is 4.28. The molecule has 0 N–H and O–H groups in total. The predicted octanol–water partition coefficient (Wildman–Crippen LogP) is 5.00. The van der Waals surface area contributed by atoms with Gasteiger partial charge in [0.25, 0.3) is 0 Å². The monoisotopic (exact) mass is 363 g/mol. The molecule has 0 saturated carbocycles.